The Labute approximate surface area is 495 Å². The molecule has 0 radical (unpaired) electrons. The van der Waals surface area contributed by atoms with E-state index in [1.807, 2.05) is 0 Å². The Hall–Kier alpha value is -4.22. The summed E-state index contributed by atoms with van der Waals surface area (Å²) in [6.07, 6.45) is 104. The molecule has 0 aliphatic carbocycles. The number of carbonyl (C=O) groups is 2. The first-order valence-corrected chi connectivity index (χ1v) is 33.4. The van der Waals surface area contributed by atoms with Gasteiger partial charge in [0.05, 0.1) is 6.61 Å². The zero-order chi connectivity index (χ0) is 57.6. The number of hydrogen-bond donors (Lipinski definition) is 1. The second-order valence-electron chi connectivity index (χ2n) is 21.8. The van der Waals surface area contributed by atoms with Crippen LogP contribution in [0, 0.1) is 0 Å². The number of allylic oxidation sites excluding steroid dienone is 24. The maximum absolute atomic E-state index is 12.4. The molecule has 0 aromatic heterocycles. The van der Waals surface area contributed by atoms with E-state index in [9.17, 15) is 14.7 Å². The predicted molar refractivity (Wildman–Crippen MR) is 352 cm³/mol. The molecular formula is C75H124O5. The SMILES string of the molecule is CC/C=C\C/C=C\C/C=C\C/C=C\C/C=C\C/C=C\C/C=C\CCCCCCCCCCCCCCCCCCCCCC(=O)OC(CO)COC(=O)CCCCCCCCCCC/C=C\C/C=C\C/C=C\C/C=C\C/C=C\CC. The molecule has 0 aliphatic heterocycles. The van der Waals surface area contributed by atoms with Gasteiger partial charge < -0.3 is 14.6 Å². The van der Waals surface area contributed by atoms with Crippen LogP contribution in [0.4, 0.5) is 0 Å². The van der Waals surface area contributed by atoms with Crippen LogP contribution in [0.2, 0.25) is 0 Å². The number of rotatable bonds is 60. The van der Waals surface area contributed by atoms with Crippen molar-refractivity contribution < 1.29 is 24.2 Å². The van der Waals surface area contributed by atoms with E-state index >= 15 is 0 Å². The third kappa shape index (κ3) is 66.3. The summed E-state index contributed by atoms with van der Waals surface area (Å²) in [5, 5.41) is 9.69. The zero-order valence-corrected chi connectivity index (χ0v) is 52.0. The van der Waals surface area contributed by atoms with Gasteiger partial charge in [0.25, 0.3) is 0 Å². The summed E-state index contributed by atoms with van der Waals surface area (Å²) < 4.78 is 10.7. The van der Waals surface area contributed by atoms with E-state index in [4.69, 9.17) is 9.47 Å². The van der Waals surface area contributed by atoms with Gasteiger partial charge in [0.2, 0.25) is 0 Å². The average Bonchev–Trinajstić information content (AvgIpc) is 3.46. The number of carbonyl (C=O) groups excluding carboxylic acids is 2. The standard InChI is InChI=1S/C75H124O5/c1-3-5-7-9-11-13-15-17-19-21-23-25-27-29-30-31-32-33-34-35-36-37-38-39-40-41-42-43-44-46-48-50-52-54-56-58-60-62-64-66-68-70-75(78)80-73(71-76)72-79-74(77)69-67-65-63-61-59-57-55-53-51-49-47-45-28-26-24-22-20-18-16-14-12-10-8-6-4-2/h5-8,11-14,17-20,23-26,29-30,32-33,35-36,45,47,73,76H,3-4,9-10,15-16,21-22,27-28,31,34,37-44,46,48-72H2,1-2H3/b7-5-,8-6-,13-11-,14-12-,19-17-,20-18-,25-23-,26-24-,30-29-,33-32-,36-35-,47-45-. The van der Waals surface area contributed by atoms with Crippen LogP contribution in [0.15, 0.2) is 146 Å². The Morgan fingerprint density at radius 1 is 0.287 bits per heavy atom. The van der Waals surface area contributed by atoms with E-state index in [1.54, 1.807) is 0 Å². The number of ether oxygens (including phenoxy) is 2. The minimum Gasteiger partial charge on any atom is -0.462 e. The maximum atomic E-state index is 12.4. The van der Waals surface area contributed by atoms with Crippen molar-refractivity contribution in [3.63, 3.8) is 0 Å². The predicted octanol–water partition coefficient (Wildman–Crippen LogP) is 23.3. The molecule has 1 unspecified atom stereocenters. The van der Waals surface area contributed by atoms with Crippen LogP contribution in [0.25, 0.3) is 0 Å². The molecule has 0 amide bonds. The first-order chi connectivity index (χ1) is 39.6. The summed E-state index contributed by atoms with van der Waals surface area (Å²) in [5.74, 6) is -0.595. The van der Waals surface area contributed by atoms with Crippen molar-refractivity contribution in [3.05, 3.63) is 146 Å². The minimum absolute atomic E-state index is 0.0736. The molecule has 5 heteroatoms. The lowest BCUT2D eigenvalue weighted by atomic mass is 10.0. The van der Waals surface area contributed by atoms with Gasteiger partial charge >= 0.3 is 11.9 Å². The highest BCUT2D eigenvalue weighted by Crippen LogP contribution is 2.17. The molecule has 80 heavy (non-hydrogen) atoms. The highest BCUT2D eigenvalue weighted by atomic mass is 16.6. The average molecular weight is 1110 g/mol. The van der Waals surface area contributed by atoms with Crippen LogP contribution in [0.3, 0.4) is 0 Å². The quantitative estimate of drug-likeness (QED) is 0.0373. The number of unbranched alkanes of at least 4 members (excludes halogenated alkanes) is 28. The normalized spacial score (nSPS) is 13.2. The van der Waals surface area contributed by atoms with Crippen molar-refractivity contribution in [2.45, 2.75) is 302 Å². The maximum Gasteiger partial charge on any atom is 0.306 e. The second-order valence-corrected chi connectivity index (χ2v) is 21.8. The van der Waals surface area contributed by atoms with Gasteiger partial charge in [-0.3, -0.25) is 9.59 Å². The Balaban J connectivity index is 3.49. The summed E-state index contributed by atoms with van der Waals surface area (Å²) in [6.45, 7) is 3.92. The van der Waals surface area contributed by atoms with Gasteiger partial charge in [-0.15, -0.1) is 0 Å². The van der Waals surface area contributed by atoms with E-state index in [2.05, 4.69) is 160 Å². The summed E-state index contributed by atoms with van der Waals surface area (Å²) >= 11 is 0. The molecule has 0 aliphatic rings. The fourth-order valence-corrected chi connectivity index (χ4v) is 9.21. The van der Waals surface area contributed by atoms with Crippen LogP contribution < -0.4 is 0 Å². The van der Waals surface area contributed by atoms with Crippen LogP contribution in [0.5, 0.6) is 0 Å². The van der Waals surface area contributed by atoms with Gasteiger partial charge in [0.1, 0.15) is 6.61 Å². The molecule has 0 bridgehead atoms. The molecule has 454 valence electrons. The molecule has 5 nitrogen and oxygen atoms in total. The fourth-order valence-electron chi connectivity index (χ4n) is 9.21. The summed E-state index contributed by atoms with van der Waals surface area (Å²) in [7, 11) is 0. The molecule has 0 spiro atoms. The number of hydrogen-bond acceptors (Lipinski definition) is 5. The van der Waals surface area contributed by atoms with Crippen molar-refractivity contribution in [3.8, 4) is 0 Å². The largest absolute Gasteiger partial charge is 0.462 e. The molecule has 0 saturated heterocycles. The smallest absolute Gasteiger partial charge is 0.306 e. The third-order valence-corrected chi connectivity index (χ3v) is 14.1. The van der Waals surface area contributed by atoms with Gasteiger partial charge in [-0.2, -0.15) is 0 Å². The molecule has 0 fully saturated rings. The minimum atomic E-state index is -0.783. The molecule has 0 aromatic carbocycles. The highest BCUT2D eigenvalue weighted by Gasteiger charge is 2.16. The molecule has 0 saturated carbocycles. The van der Waals surface area contributed by atoms with Crippen LogP contribution in [0.1, 0.15) is 296 Å². The number of aliphatic hydroxyl groups excluding tert-OH is 1. The molecule has 0 heterocycles. The monoisotopic (exact) mass is 1100 g/mol. The third-order valence-electron chi connectivity index (χ3n) is 14.1. The Morgan fingerprint density at radius 2 is 0.500 bits per heavy atom. The lowest BCUT2D eigenvalue weighted by molar-refractivity contribution is -0.161. The molecule has 1 N–H and O–H groups in total. The first kappa shape index (κ1) is 75.8. The van der Waals surface area contributed by atoms with Gasteiger partial charge in [0, 0.05) is 12.8 Å². The summed E-state index contributed by atoms with van der Waals surface area (Å²) in [4.78, 5) is 24.6. The topological polar surface area (TPSA) is 72.8 Å². The Bertz CT molecular complexity index is 1680. The molecule has 0 rings (SSSR count). The van der Waals surface area contributed by atoms with Crippen molar-refractivity contribution in [2.75, 3.05) is 13.2 Å². The fraction of sp³-hybridized carbons (Fsp3) is 0.653. The summed E-state index contributed by atoms with van der Waals surface area (Å²) in [6, 6.07) is 0. The van der Waals surface area contributed by atoms with Crippen molar-refractivity contribution in [1.29, 1.82) is 0 Å². The van der Waals surface area contributed by atoms with Gasteiger partial charge in [-0.25, -0.2) is 0 Å². The van der Waals surface area contributed by atoms with E-state index < -0.39 is 6.10 Å². The van der Waals surface area contributed by atoms with Crippen molar-refractivity contribution in [2.24, 2.45) is 0 Å². The van der Waals surface area contributed by atoms with E-state index in [1.165, 1.54) is 154 Å². The highest BCUT2D eigenvalue weighted by molar-refractivity contribution is 5.70. The Morgan fingerprint density at radius 3 is 0.750 bits per heavy atom. The first-order valence-electron chi connectivity index (χ1n) is 33.4. The number of aliphatic hydroxyl groups is 1. The number of esters is 2. The van der Waals surface area contributed by atoms with Crippen LogP contribution >= 0.6 is 0 Å². The lowest BCUT2D eigenvalue weighted by Crippen LogP contribution is -2.28. The molecule has 0 aromatic rings. The van der Waals surface area contributed by atoms with Crippen molar-refractivity contribution in [1.82, 2.24) is 0 Å². The Kier molecular flexibility index (Phi) is 65.4. The van der Waals surface area contributed by atoms with E-state index in [0.717, 1.165) is 116 Å². The van der Waals surface area contributed by atoms with Crippen LogP contribution in [-0.2, 0) is 19.1 Å². The van der Waals surface area contributed by atoms with Crippen molar-refractivity contribution >= 4 is 11.9 Å². The van der Waals surface area contributed by atoms with Gasteiger partial charge in [-0.05, 0) is 116 Å². The lowest BCUT2D eigenvalue weighted by Gasteiger charge is -2.15. The zero-order valence-electron chi connectivity index (χ0n) is 52.0. The summed E-state index contributed by atoms with van der Waals surface area (Å²) in [5.41, 5.74) is 0. The van der Waals surface area contributed by atoms with Gasteiger partial charge in [0.15, 0.2) is 6.10 Å². The molecule has 1 atom stereocenters. The van der Waals surface area contributed by atoms with Crippen LogP contribution in [-0.4, -0.2) is 36.4 Å². The van der Waals surface area contributed by atoms with E-state index in [0.29, 0.717) is 12.8 Å². The second kappa shape index (κ2) is 69.1. The molecular weight excluding hydrogens is 981 g/mol. The van der Waals surface area contributed by atoms with E-state index in [-0.39, 0.29) is 25.2 Å². The van der Waals surface area contributed by atoms with Gasteiger partial charge in [-0.1, -0.05) is 314 Å².